The van der Waals surface area contributed by atoms with Gasteiger partial charge in [0, 0.05) is 24.3 Å². The normalized spacial score (nSPS) is 25.1. The van der Waals surface area contributed by atoms with Crippen LogP contribution in [0.5, 0.6) is 0 Å². The number of likely N-dealkylation sites (tertiary alicyclic amines) is 1. The number of nitrogens with one attached hydrogen (secondary N) is 2. The van der Waals surface area contributed by atoms with Gasteiger partial charge < -0.3 is 20.3 Å². The molecular formula is C14H19Cl2N3O3. The largest absolute Gasteiger partial charge is 0.465 e. The summed E-state index contributed by atoms with van der Waals surface area (Å²) in [5.41, 5.74) is 0.878. The summed E-state index contributed by atoms with van der Waals surface area (Å²) in [6, 6.07) is -0.280. The van der Waals surface area contributed by atoms with E-state index in [9.17, 15) is 9.59 Å². The number of H-pyrrole nitrogens is 1. The minimum absolute atomic E-state index is 0.000827. The summed E-state index contributed by atoms with van der Waals surface area (Å²) in [5, 5.41) is 12.6. The number of aromatic amines is 1. The molecule has 3 atom stereocenters. The third-order valence-electron chi connectivity index (χ3n) is 4.41. The summed E-state index contributed by atoms with van der Waals surface area (Å²) in [4.78, 5) is 27.8. The van der Waals surface area contributed by atoms with Gasteiger partial charge in [0.2, 0.25) is 0 Å². The van der Waals surface area contributed by atoms with Crippen molar-refractivity contribution in [2.45, 2.75) is 39.3 Å². The number of piperidine rings is 1. The monoisotopic (exact) mass is 347 g/mol. The molecule has 1 fully saturated rings. The van der Waals surface area contributed by atoms with E-state index in [4.69, 9.17) is 28.3 Å². The van der Waals surface area contributed by atoms with Crippen molar-refractivity contribution >= 4 is 35.2 Å². The van der Waals surface area contributed by atoms with Gasteiger partial charge in [0.15, 0.2) is 0 Å². The fraction of sp³-hybridized carbons (Fsp3) is 0.571. The van der Waals surface area contributed by atoms with Crippen LogP contribution in [0.4, 0.5) is 4.79 Å². The SMILES string of the molecule is Cc1[nH]c(C(=O)N[C@@H]2CCN(C(=O)O)C(C)[C@H]2C)c(Cl)c1Cl. The Kier molecular flexibility index (Phi) is 4.92. The molecule has 1 saturated heterocycles. The number of carboxylic acid groups (broad SMARTS) is 1. The molecule has 1 aliphatic heterocycles. The Morgan fingerprint density at radius 3 is 2.45 bits per heavy atom. The standard InChI is InChI=1S/C14H19Cl2N3O3/c1-6-8(3)19(14(21)22)5-4-9(6)18-13(20)12-11(16)10(15)7(2)17-12/h6,8-9,17H,4-5H2,1-3H3,(H,18,20)(H,21,22)/t6-,8?,9-/m1/s1. The van der Waals surface area contributed by atoms with E-state index in [1.165, 1.54) is 4.90 Å². The molecule has 0 aliphatic carbocycles. The van der Waals surface area contributed by atoms with Gasteiger partial charge >= 0.3 is 6.09 Å². The Labute approximate surface area is 138 Å². The van der Waals surface area contributed by atoms with E-state index in [0.29, 0.717) is 23.7 Å². The number of nitrogens with zero attached hydrogens (tertiary/aromatic N) is 1. The molecule has 3 N–H and O–H groups in total. The van der Waals surface area contributed by atoms with Crippen molar-refractivity contribution in [2.75, 3.05) is 6.54 Å². The highest BCUT2D eigenvalue weighted by Gasteiger charge is 2.36. The zero-order valence-corrected chi connectivity index (χ0v) is 14.1. The third-order valence-corrected chi connectivity index (χ3v) is 5.36. The van der Waals surface area contributed by atoms with Crippen LogP contribution < -0.4 is 5.32 Å². The lowest BCUT2D eigenvalue weighted by atomic mass is 9.87. The van der Waals surface area contributed by atoms with Gasteiger partial charge in [-0.15, -0.1) is 0 Å². The average Bonchev–Trinajstić information content (AvgIpc) is 2.71. The molecule has 6 nitrogen and oxygen atoms in total. The predicted octanol–water partition coefficient (Wildman–Crippen LogP) is 3.14. The minimum atomic E-state index is -0.932. The van der Waals surface area contributed by atoms with E-state index in [1.807, 2.05) is 13.8 Å². The zero-order valence-electron chi connectivity index (χ0n) is 12.6. The summed E-state index contributed by atoms with van der Waals surface area (Å²) >= 11 is 12.0. The molecule has 1 unspecified atom stereocenters. The van der Waals surface area contributed by atoms with Crippen molar-refractivity contribution in [1.29, 1.82) is 0 Å². The highest BCUT2D eigenvalue weighted by atomic mass is 35.5. The van der Waals surface area contributed by atoms with Gasteiger partial charge in [0.25, 0.3) is 5.91 Å². The van der Waals surface area contributed by atoms with E-state index in [2.05, 4.69) is 10.3 Å². The quantitative estimate of drug-likeness (QED) is 0.768. The highest BCUT2D eigenvalue weighted by Crippen LogP contribution is 2.30. The van der Waals surface area contributed by atoms with Crippen LogP contribution >= 0.6 is 23.2 Å². The molecule has 2 amide bonds. The lowest BCUT2D eigenvalue weighted by Crippen LogP contribution is -2.55. The van der Waals surface area contributed by atoms with Crippen molar-refractivity contribution in [3.8, 4) is 0 Å². The second-order valence-corrected chi connectivity index (χ2v) is 6.45. The predicted molar refractivity (Wildman–Crippen MR) is 84.8 cm³/mol. The molecule has 22 heavy (non-hydrogen) atoms. The number of aryl methyl sites for hydroxylation is 1. The smallest absolute Gasteiger partial charge is 0.407 e. The number of hydrogen-bond acceptors (Lipinski definition) is 2. The third kappa shape index (κ3) is 3.03. The number of halogens is 2. The van der Waals surface area contributed by atoms with Gasteiger partial charge in [-0.2, -0.15) is 0 Å². The number of rotatable bonds is 2. The van der Waals surface area contributed by atoms with E-state index in [0.717, 1.165) is 0 Å². The number of hydrogen-bond donors (Lipinski definition) is 3. The van der Waals surface area contributed by atoms with Crippen LogP contribution in [0, 0.1) is 12.8 Å². The van der Waals surface area contributed by atoms with Crippen LogP contribution in [0.3, 0.4) is 0 Å². The maximum atomic E-state index is 12.4. The number of carbonyl (C=O) groups excluding carboxylic acids is 1. The van der Waals surface area contributed by atoms with Crippen LogP contribution in [-0.2, 0) is 0 Å². The average molecular weight is 348 g/mol. The van der Waals surface area contributed by atoms with Crippen LogP contribution in [-0.4, -0.2) is 45.6 Å². The van der Waals surface area contributed by atoms with E-state index >= 15 is 0 Å². The second-order valence-electron chi connectivity index (χ2n) is 5.70. The molecule has 0 bridgehead atoms. The number of carbonyl (C=O) groups is 2. The second kappa shape index (κ2) is 6.38. The van der Waals surface area contributed by atoms with Gasteiger partial charge in [-0.3, -0.25) is 4.79 Å². The van der Waals surface area contributed by atoms with E-state index in [-0.39, 0.29) is 34.6 Å². The molecule has 2 rings (SSSR count). The highest BCUT2D eigenvalue weighted by molar-refractivity contribution is 6.44. The fourth-order valence-corrected chi connectivity index (χ4v) is 3.22. The van der Waals surface area contributed by atoms with Crippen molar-refractivity contribution < 1.29 is 14.7 Å². The molecule has 0 saturated carbocycles. The van der Waals surface area contributed by atoms with Crippen molar-refractivity contribution in [2.24, 2.45) is 5.92 Å². The topological polar surface area (TPSA) is 85.4 Å². The molecule has 8 heteroatoms. The van der Waals surface area contributed by atoms with Crippen molar-refractivity contribution in [3.63, 3.8) is 0 Å². The summed E-state index contributed by atoms with van der Waals surface area (Å²) in [5.74, 6) is -0.327. The molecule has 1 aromatic rings. The molecule has 0 radical (unpaired) electrons. The summed E-state index contributed by atoms with van der Waals surface area (Å²) in [6.07, 6.45) is -0.367. The molecule has 1 aromatic heterocycles. The first-order chi connectivity index (χ1) is 10.2. The lowest BCUT2D eigenvalue weighted by molar-refractivity contribution is 0.0673. The molecule has 0 spiro atoms. The first-order valence-electron chi connectivity index (χ1n) is 7.08. The lowest BCUT2D eigenvalue weighted by Gasteiger charge is -2.41. The fourth-order valence-electron chi connectivity index (χ4n) is 2.81. The molecule has 1 aliphatic rings. The molecule has 2 heterocycles. The summed E-state index contributed by atoms with van der Waals surface area (Å²) in [7, 11) is 0. The summed E-state index contributed by atoms with van der Waals surface area (Å²) in [6.45, 7) is 5.91. The number of amides is 2. The van der Waals surface area contributed by atoms with E-state index in [1.54, 1.807) is 6.92 Å². The van der Waals surface area contributed by atoms with Gasteiger partial charge in [-0.25, -0.2) is 4.79 Å². The van der Waals surface area contributed by atoms with Crippen LogP contribution in [0.15, 0.2) is 0 Å². The molecular weight excluding hydrogens is 329 g/mol. The Morgan fingerprint density at radius 2 is 1.95 bits per heavy atom. The van der Waals surface area contributed by atoms with Gasteiger partial charge in [0.1, 0.15) is 5.69 Å². The Hall–Kier alpha value is -1.40. The molecule has 122 valence electrons. The zero-order chi connectivity index (χ0) is 16.6. The maximum absolute atomic E-state index is 12.4. The Bertz CT molecular complexity index is 602. The Balaban J connectivity index is 2.09. The molecule has 0 aromatic carbocycles. The van der Waals surface area contributed by atoms with E-state index < -0.39 is 6.09 Å². The summed E-state index contributed by atoms with van der Waals surface area (Å²) < 4.78 is 0. The first-order valence-corrected chi connectivity index (χ1v) is 7.83. The van der Waals surface area contributed by atoms with Crippen LogP contribution in [0.2, 0.25) is 10.0 Å². The van der Waals surface area contributed by atoms with Crippen molar-refractivity contribution in [3.05, 3.63) is 21.4 Å². The number of aromatic nitrogens is 1. The van der Waals surface area contributed by atoms with Gasteiger partial charge in [0.05, 0.1) is 10.0 Å². The van der Waals surface area contributed by atoms with Crippen molar-refractivity contribution in [1.82, 2.24) is 15.2 Å². The van der Waals surface area contributed by atoms with Gasteiger partial charge in [-0.05, 0) is 26.2 Å². The Morgan fingerprint density at radius 1 is 1.32 bits per heavy atom. The van der Waals surface area contributed by atoms with Crippen LogP contribution in [0.25, 0.3) is 0 Å². The minimum Gasteiger partial charge on any atom is -0.465 e. The maximum Gasteiger partial charge on any atom is 0.407 e. The van der Waals surface area contributed by atoms with Crippen LogP contribution in [0.1, 0.15) is 36.5 Å². The first kappa shape index (κ1) is 17.0. The van der Waals surface area contributed by atoms with Gasteiger partial charge in [-0.1, -0.05) is 30.1 Å².